The molecule has 1 amide bonds. The molecule has 0 saturated heterocycles. The zero-order valence-corrected chi connectivity index (χ0v) is 12.1. The van der Waals surface area contributed by atoms with E-state index >= 15 is 0 Å². The molecule has 21 heavy (non-hydrogen) atoms. The van der Waals surface area contributed by atoms with Gasteiger partial charge in [0.2, 0.25) is 5.91 Å². The van der Waals surface area contributed by atoms with Crippen LogP contribution in [0.25, 0.3) is 0 Å². The zero-order chi connectivity index (χ0) is 14.7. The summed E-state index contributed by atoms with van der Waals surface area (Å²) in [5.41, 5.74) is 3.65. The molecule has 1 aliphatic rings. The van der Waals surface area contributed by atoms with Gasteiger partial charge in [0.25, 0.3) is 0 Å². The molecule has 2 heterocycles. The van der Waals surface area contributed by atoms with Gasteiger partial charge in [-0.15, -0.1) is 0 Å². The van der Waals surface area contributed by atoms with Gasteiger partial charge in [0.05, 0.1) is 6.04 Å². The lowest BCUT2D eigenvalue weighted by Gasteiger charge is -2.29. The van der Waals surface area contributed by atoms with Crippen LogP contribution < -0.4 is 5.32 Å². The molecule has 3 rings (SSSR count). The Labute approximate surface area is 124 Å². The summed E-state index contributed by atoms with van der Waals surface area (Å²) in [4.78, 5) is 18.3. The van der Waals surface area contributed by atoms with E-state index in [1.54, 1.807) is 17.3 Å². The second-order valence-corrected chi connectivity index (χ2v) is 5.46. The first kappa shape index (κ1) is 13.8. The number of carbonyl (C=O) groups is 1. The number of nitrogens with zero attached hydrogens (tertiary/aromatic N) is 2. The highest BCUT2D eigenvalue weighted by atomic mass is 16.2. The largest absolute Gasteiger partial charge is 0.340 e. The van der Waals surface area contributed by atoms with E-state index in [2.05, 4.69) is 22.4 Å². The minimum absolute atomic E-state index is 0.133. The van der Waals surface area contributed by atoms with Crippen molar-refractivity contribution in [2.75, 3.05) is 7.05 Å². The average Bonchev–Trinajstić information content (AvgIpc) is 2.54. The van der Waals surface area contributed by atoms with E-state index in [0.717, 1.165) is 18.5 Å². The second-order valence-electron chi connectivity index (χ2n) is 5.46. The van der Waals surface area contributed by atoms with Crippen molar-refractivity contribution in [3.05, 3.63) is 65.5 Å². The fraction of sp³-hybridized carbons (Fsp3) is 0.294. The molecule has 1 aliphatic heterocycles. The summed E-state index contributed by atoms with van der Waals surface area (Å²) in [5, 5.41) is 3.34. The van der Waals surface area contributed by atoms with Crippen LogP contribution in [0, 0.1) is 0 Å². The van der Waals surface area contributed by atoms with Crippen LogP contribution in [0.2, 0.25) is 0 Å². The van der Waals surface area contributed by atoms with Crippen LogP contribution >= 0.6 is 0 Å². The Kier molecular flexibility index (Phi) is 3.97. The Bertz CT molecular complexity index is 627. The molecule has 2 aromatic rings. The summed E-state index contributed by atoms with van der Waals surface area (Å²) in [5.74, 6) is 0.140. The number of amides is 1. The van der Waals surface area contributed by atoms with E-state index in [0.29, 0.717) is 6.54 Å². The zero-order valence-electron chi connectivity index (χ0n) is 12.1. The number of rotatable bonds is 3. The van der Waals surface area contributed by atoms with Crippen molar-refractivity contribution < 1.29 is 4.79 Å². The first-order valence-corrected chi connectivity index (χ1v) is 7.18. The van der Waals surface area contributed by atoms with Crippen molar-refractivity contribution in [3.8, 4) is 0 Å². The summed E-state index contributed by atoms with van der Waals surface area (Å²) in [7, 11) is 1.85. The average molecular weight is 281 g/mol. The molecule has 1 aromatic heterocycles. The van der Waals surface area contributed by atoms with Crippen LogP contribution in [0.4, 0.5) is 0 Å². The maximum atomic E-state index is 12.6. The molecule has 0 fully saturated rings. The van der Waals surface area contributed by atoms with Crippen LogP contribution in [0.1, 0.15) is 16.7 Å². The van der Waals surface area contributed by atoms with Crippen LogP contribution in [-0.2, 0) is 24.3 Å². The van der Waals surface area contributed by atoms with Gasteiger partial charge in [-0.05, 0) is 35.2 Å². The molecule has 0 aliphatic carbocycles. The Morgan fingerprint density at radius 1 is 1.24 bits per heavy atom. The number of aromatic nitrogens is 1. The first-order chi connectivity index (χ1) is 10.2. The molecule has 0 bridgehead atoms. The molecule has 1 aromatic carbocycles. The Morgan fingerprint density at radius 3 is 2.71 bits per heavy atom. The quantitative estimate of drug-likeness (QED) is 0.932. The van der Waals surface area contributed by atoms with E-state index in [-0.39, 0.29) is 11.9 Å². The van der Waals surface area contributed by atoms with Crippen LogP contribution in [-0.4, -0.2) is 28.9 Å². The number of nitrogens with one attached hydrogen (secondary N) is 1. The molecular formula is C17H19N3O. The predicted molar refractivity (Wildman–Crippen MR) is 81.5 cm³/mol. The number of fused-ring (bicyclic) bond motifs is 1. The van der Waals surface area contributed by atoms with Crippen molar-refractivity contribution in [1.29, 1.82) is 0 Å². The maximum absolute atomic E-state index is 12.6. The molecule has 1 atom stereocenters. The molecule has 0 unspecified atom stereocenters. The monoisotopic (exact) mass is 281 g/mol. The van der Waals surface area contributed by atoms with Gasteiger partial charge >= 0.3 is 0 Å². The van der Waals surface area contributed by atoms with Crippen molar-refractivity contribution in [3.63, 3.8) is 0 Å². The highest BCUT2D eigenvalue weighted by Gasteiger charge is 2.26. The lowest BCUT2D eigenvalue weighted by molar-refractivity contribution is -0.132. The summed E-state index contributed by atoms with van der Waals surface area (Å²) < 4.78 is 0. The number of hydrogen-bond donors (Lipinski definition) is 1. The third-order valence-corrected chi connectivity index (χ3v) is 3.92. The minimum atomic E-state index is -0.133. The number of carbonyl (C=O) groups excluding carboxylic acids is 1. The normalized spacial score (nSPS) is 17.1. The van der Waals surface area contributed by atoms with Crippen molar-refractivity contribution >= 4 is 5.91 Å². The Balaban J connectivity index is 1.66. The number of pyridine rings is 1. The molecule has 108 valence electrons. The van der Waals surface area contributed by atoms with Gasteiger partial charge in [-0.1, -0.05) is 24.3 Å². The molecule has 4 heteroatoms. The Hall–Kier alpha value is -2.20. The van der Waals surface area contributed by atoms with Gasteiger partial charge < -0.3 is 10.2 Å². The van der Waals surface area contributed by atoms with Gasteiger partial charge in [-0.2, -0.15) is 0 Å². The number of benzene rings is 1. The van der Waals surface area contributed by atoms with Gasteiger partial charge in [0.15, 0.2) is 0 Å². The smallest absolute Gasteiger partial charge is 0.240 e. The second kappa shape index (κ2) is 6.06. The van der Waals surface area contributed by atoms with Crippen molar-refractivity contribution in [2.45, 2.75) is 25.6 Å². The summed E-state index contributed by atoms with van der Waals surface area (Å²) >= 11 is 0. The van der Waals surface area contributed by atoms with Crippen LogP contribution in [0.15, 0.2) is 48.8 Å². The molecule has 4 nitrogen and oxygen atoms in total. The van der Waals surface area contributed by atoms with Crippen molar-refractivity contribution in [1.82, 2.24) is 15.2 Å². The van der Waals surface area contributed by atoms with Gasteiger partial charge in [-0.3, -0.25) is 9.78 Å². The third kappa shape index (κ3) is 3.11. The lowest BCUT2D eigenvalue weighted by Crippen LogP contribution is -2.48. The van der Waals surface area contributed by atoms with E-state index in [9.17, 15) is 4.79 Å². The van der Waals surface area contributed by atoms with Gasteiger partial charge in [0, 0.05) is 32.5 Å². The minimum Gasteiger partial charge on any atom is -0.340 e. The molecule has 1 N–H and O–H groups in total. The predicted octanol–water partition coefficient (Wildman–Crippen LogP) is 1.75. The van der Waals surface area contributed by atoms with Gasteiger partial charge in [0.1, 0.15) is 0 Å². The molecule has 0 radical (unpaired) electrons. The fourth-order valence-electron chi connectivity index (χ4n) is 2.73. The summed E-state index contributed by atoms with van der Waals surface area (Å²) in [6.45, 7) is 1.37. The summed E-state index contributed by atoms with van der Waals surface area (Å²) in [6, 6.07) is 12.0. The lowest BCUT2D eigenvalue weighted by atomic mass is 9.95. The fourth-order valence-corrected chi connectivity index (χ4v) is 2.73. The van der Waals surface area contributed by atoms with E-state index in [4.69, 9.17) is 0 Å². The van der Waals surface area contributed by atoms with Gasteiger partial charge in [-0.25, -0.2) is 0 Å². The third-order valence-electron chi connectivity index (χ3n) is 3.92. The molecule has 0 spiro atoms. The standard InChI is InChI=1S/C17H19N3O/c1-20(12-13-6-8-18-9-7-13)17(21)16-10-14-4-2-3-5-15(14)11-19-16/h2-9,16,19H,10-12H2,1H3/t16-/m1/s1. The molecule has 0 saturated carbocycles. The Morgan fingerprint density at radius 2 is 1.95 bits per heavy atom. The van der Waals surface area contributed by atoms with E-state index in [1.807, 2.05) is 31.3 Å². The highest BCUT2D eigenvalue weighted by Crippen LogP contribution is 2.17. The van der Waals surface area contributed by atoms with Crippen LogP contribution in [0.5, 0.6) is 0 Å². The molecular weight excluding hydrogens is 262 g/mol. The van der Waals surface area contributed by atoms with E-state index < -0.39 is 0 Å². The number of hydrogen-bond acceptors (Lipinski definition) is 3. The maximum Gasteiger partial charge on any atom is 0.240 e. The van der Waals surface area contributed by atoms with Crippen molar-refractivity contribution in [2.24, 2.45) is 0 Å². The summed E-state index contributed by atoms with van der Waals surface area (Å²) in [6.07, 6.45) is 4.27. The first-order valence-electron chi connectivity index (χ1n) is 7.18. The SMILES string of the molecule is CN(Cc1ccncc1)C(=O)[C@H]1Cc2ccccc2CN1. The van der Waals surface area contributed by atoms with Crippen LogP contribution in [0.3, 0.4) is 0 Å². The number of likely N-dealkylation sites (N-methyl/N-ethyl adjacent to an activating group) is 1. The topological polar surface area (TPSA) is 45.2 Å². The van der Waals surface area contributed by atoms with E-state index in [1.165, 1.54) is 11.1 Å². The highest BCUT2D eigenvalue weighted by molar-refractivity contribution is 5.82.